The molecule has 0 aliphatic carbocycles. The number of rotatable bonds is 8. The van der Waals surface area contributed by atoms with Crippen molar-refractivity contribution in [3.8, 4) is 11.6 Å². The van der Waals surface area contributed by atoms with Crippen LogP contribution in [0.5, 0.6) is 5.88 Å². The Labute approximate surface area is 185 Å². The van der Waals surface area contributed by atoms with E-state index in [-0.39, 0.29) is 27.8 Å². The second-order valence-electron chi connectivity index (χ2n) is 8.65. The van der Waals surface area contributed by atoms with E-state index in [4.69, 9.17) is 9.16 Å². The maximum Gasteiger partial charge on any atom is 0.364 e. The smallest absolute Gasteiger partial charge is 0.364 e. The van der Waals surface area contributed by atoms with Gasteiger partial charge >= 0.3 is 11.6 Å². The maximum atomic E-state index is 14.4. The first-order valence-electron chi connectivity index (χ1n) is 9.53. The molecule has 8 nitrogen and oxygen atoms in total. The summed E-state index contributed by atoms with van der Waals surface area (Å²) in [4.78, 5) is 15.3. The Morgan fingerprint density at radius 1 is 1.30 bits per heavy atom. The lowest BCUT2D eigenvalue weighted by Gasteiger charge is -2.36. The number of nitrogens with zero attached hydrogens (tertiary/aromatic N) is 4. The molecule has 0 aliphatic rings. The summed E-state index contributed by atoms with van der Waals surface area (Å²) in [5, 5.41) is 15.7. The van der Waals surface area contributed by atoms with Gasteiger partial charge in [-0.3, -0.25) is 15.1 Å². The van der Waals surface area contributed by atoms with Crippen LogP contribution in [0.1, 0.15) is 32.2 Å². The number of aryl methyl sites for hydroxylation is 2. The first-order chi connectivity index (χ1) is 13.7. The predicted octanol–water partition coefficient (Wildman–Crippen LogP) is 5.29. The molecule has 0 amide bonds. The first-order valence-corrected chi connectivity index (χ1v) is 13.2. The monoisotopic (exact) mass is 502 g/mol. The highest BCUT2D eigenvalue weighted by molar-refractivity contribution is 9.10. The maximum absolute atomic E-state index is 14.4. The molecule has 0 spiro atoms. The average molecular weight is 503 g/mol. The number of aromatic nitrogens is 3. The second kappa shape index (κ2) is 9.11. The molecular weight excluding hydrogens is 475 g/mol. The van der Waals surface area contributed by atoms with Crippen molar-refractivity contribution in [1.29, 1.82) is 0 Å². The Kier molecular flexibility index (Phi) is 7.41. The standard InChI is InChI=1S/C19H28BrFN4O4Si/c1-12-8-9-15(13(2)22-12)24-17(20)16(25(26)27)18(23-24)28-10-14(21)11-29-30(6,7)19(3,4)5/h8-9,14H,10-11H2,1-7H3. The van der Waals surface area contributed by atoms with Gasteiger partial charge in [0, 0.05) is 5.69 Å². The van der Waals surface area contributed by atoms with Crippen molar-refractivity contribution in [2.24, 2.45) is 0 Å². The van der Waals surface area contributed by atoms with Crippen LogP contribution in [0.4, 0.5) is 10.1 Å². The molecule has 0 bridgehead atoms. The van der Waals surface area contributed by atoms with Crippen molar-refractivity contribution in [3.63, 3.8) is 0 Å². The van der Waals surface area contributed by atoms with Gasteiger partial charge in [0.1, 0.15) is 6.61 Å². The summed E-state index contributed by atoms with van der Waals surface area (Å²) in [6, 6.07) is 3.53. The van der Waals surface area contributed by atoms with Crippen molar-refractivity contribution in [2.75, 3.05) is 13.2 Å². The predicted molar refractivity (Wildman–Crippen MR) is 119 cm³/mol. The molecule has 30 heavy (non-hydrogen) atoms. The molecule has 2 rings (SSSR count). The Hall–Kier alpha value is -1.85. The third kappa shape index (κ3) is 5.44. The normalized spacial score (nSPS) is 13.4. The lowest BCUT2D eigenvalue weighted by molar-refractivity contribution is -0.386. The van der Waals surface area contributed by atoms with E-state index in [2.05, 4.69) is 46.8 Å². The number of pyridine rings is 1. The van der Waals surface area contributed by atoms with Gasteiger partial charge in [-0.15, -0.1) is 5.10 Å². The van der Waals surface area contributed by atoms with Gasteiger partial charge in [-0.05, 0) is 60.0 Å². The number of alkyl halides is 1. The minimum absolute atomic E-state index is 0.0457. The molecule has 0 aromatic carbocycles. The Balaban J connectivity index is 2.19. The zero-order valence-electron chi connectivity index (χ0n) is 18.3. The molecule has 1 unspecified atom stereocenters. The summed E-state index contributed by atoms with van der Waals surface area (Å²) in [6.07, 6.45) is -1.44. The van der Waals surface area contributed by atoms with E-state index in [1.807, 2.05) is 20.0 Å². The minimum atomic E-state index is -2.10. The van der Waals surface area contributed by atoms with Crippen LogP contribution in [0.15, 0.2) is 16.7 Å². The first kappa shape index (κ1) is 24.4. The zero-order chi connectivity index (χ0) is 22.9. The summed E-state index contributed by atoms with van der Waals surface area (Å²) in [5.74, 6) is -0.262. The Morgan fingerprint density at radius 2 is 1.93 bits per heavy atom. The van der Waals surface area contributed by atoms with E-state index in [1.54, 1.807) is 19.1 Å². The van der Waals surface area contributed by atoms with Gasteiger partial charge in [0.05, 0.1) is 22.9 Å². The van der Waals surface area contributed by atoms with Crippen molar-refractivity contribution >= 4 is 29.9 Å². The summed E-state index contributed by atoms with van der Waals surface area (Å²) in [5.41, 5.74) is 1.65. The van der Waals surface area contributed by atoms with Crippen LogP contribution in [0.25, 0.3) is 5.69 Å². The van der Waals surface area contributed by atoms with E-state index >= 15 is 0 Å². The quantitative estimate of drug-likeness (QED) is 0.276. The molecule has 0 saturated carbocycles. The molecular formula is C19H28BrFN4O4Si. The molecule has 11 heteroatoms. The van der Waals surface area contributed by atoms with E-state index in [1.165, 1.54) is 4.68 Å². The van der Waals surface area contributed by atoms with Gasteiger partial charge in [-0.1, -0.05) is 20.8 Å². The third-order valence-electron chi connectivity index (χ3n) is 5.21. The molecule has 2 aromatic rings. The number of ether oxygens (including phenoxy) is 1. The van der Waals surface area contributed by atoms with E-state index in [0.717, 1.165) is 5.69 Å². The van der Waals surface area contributed by atoms with E-state index in [9.17, 15) is 14.5 Å². The van der Waals surface area contributed by atoms with Gasteiger partial charge in [-0.2, -0.15) is 0 Å². The number of nitro groups is 1. The molecule has 1 atom stereocenters. The fourth-order valence-electron chi connectivity index (χ4n) is 2.42. The molecule has 0 saturated heterocycles. The molecule has 0 N–H and O–H groups in total. The van der Waals surface area contributed by atoms with Crippen LogP contribution in [0.2, 0.25) is 18.1 Å². The summed E-state index contributed by atoms with van der Waals surface area (Å²) >= 11 is 3.22. The number of halogens is 2. The summed E-state index contributed by atoms with van der Waals surface area (Å²) in [7, 11) is -2.10. The van der Waals surface area contributed by atoms with Crippen LogP contribution in [-0.2, 0) is 4.43 Å². The average Bonchev–Trinajstić information content (AvgIpc) is 2.93. The summed E-state index contributed by atoms with van der Waals surface area (Å²) in [6.45, 7) is 13.4. The van der Waals surface area contributed by atoms with Gasteiger partial charge in [0.2, 0.25) is 0 Å². The van der Waals surface area contributed by atoms with Gasteiger partial charge < -0.3 is 9.16 Å². The summed E-state index contributed by atoms with van der Waals surface area (Å²) < 4.78 is 27.1. The molecule has 0 fully saturated rings. The molecule has 2 aromatic heterocycles. The lowest BCUT2D eigenvalue weighted by Crippen LogP contribution is -2.42. The van der Waals surface area contributed by atoms with Gasteiger partial charge in [0.25, 0.3) is 0 Å². The second-order valence-corrected chi connectivity index (χ2v) is 14.2. The van der Waals surface area contributed by atoms with Gasteiger partial charge in [0.15, 0.2) is 19.1 Å². The fourth-order valence-corrected chi connectivity index (χ4v) is 4.03. The molecule has 166 valence electrons. The van der Waals surface area contributed by atoms with Crippen molar-refractivity contribution in [1.82, 2.24) is 14.8 Å². The van der Waals surface area contributed by atoms with Crippen LogP contribution in [0, 0.1) is 24.0 Å². The highest BCUT2D eigenvalue weighted by Gasteiger charge is 2.38. The number of hydrogen-bond donors (Lipinski definition) is 0. The van der Waals surface area contributed by atoms with Crippen molar-refractivity contribution in [2.45, 2.75) is 58.9 Å². The van der Waals surface area contributed by atoms with E-state index < -0.39 is 26.0 Å². The SMILES string of the molecule is Cc1ccc(-n2nc(OCC(F)CO[Si](C)(C)C(C)(C)C)c([N+](=O)[O-])c2Br)c(C)n1. The molecule has 0 radical (unpaired) electrons. The number of hydrogen-bond acceptors (Lipinski definition) is 6. The lowest BCUT2D eigenvalue weighted by atomic mass is 10.2. The molecule has 0 aliphatic heterocycles. The van der Waals surface area contributed by atoms with Crippen LogP contribution >= 0.6 is 15.9 Å². The van der Waals surface area contributed by atoms with Crippen molar-refractivity contribution in [3.05, 3.63) is 38.2 Å². The van der Waals surface area contributed by atoms with Gasteiger partial charge in [-0.25, -0.2) is 9.07 Å². The molecule has 2 heterocycles. The fraction of sp³-hybridized carbons (Fsp3) is 0.579. The van der Waals surface area contributed by atoms with Crippen LogP contribution < -0.4 is 4.74 Å². The largest absolute Gasteiger partial charge is 0.469 e. The third-order valence-corrected chi connectivity index (χ3v) is 10.4. The van der Waals surface area contributed by atoms with Crippen LogP contribution in [0.3, 0.4) is 0 Å². The highest BCUT2D eigenvalue weighted by Crippen LogP contribution is 2.38. The van der Waals surface area contributed by atoms with Crippen LogP contribution in [-0.4, -0.2) is 47.4 Å². The minimum Gasteiger partial charge on any atom is -0.469 e. The van der Waals surface area contributed by atoms with E-state index in [0.29, 0.717) is 11.4 Å². The van der Waals surface area contributed by atoms with Crippen molar-refractivity contribution < 1.29 is 18.5 Å². The zero-order valence-corrected chi connectivity index (χ0v) is 20.9. The Bertz CT molecular complexity index is 930. The Morgan fingerprint density at radius 3 is 2.47 bits per heavy atom. The highest BCUT2D eigenvalue weighted by atomic mass is 79.9. The topological polar surface area (TPSA) is 92.3 Å².